The first kappa shape index (κ1) is 19.0. The Hall–Kier alpha value is -2.38. The summed E-state index contributed by atoms with van der Waals surface area (Å²) < 4.78 is 0.810. The Kier molecular flexibility index (Phi) is 5.37. The fourth-order valence-electron chi connectivity index (χ4n) is 3.49. The third kappa shape index (κ3) is 4.20. The molecule has 2 aliphatic rings. The van der Waals surface area contributed by atoms with Gasteiger partial charge in [-0.2, -0.15) is 0 Å². The monoisotopic (exact) mass is 443 g/mol. The lowest BCUT2D eigenvalue weighted by Gasteiger charge is -2.35. The van der Waals surface area contributed by atoms with E-state index in [-0.39, 0.29) is 5.60 Å². The smallest absolute Gasteiger partial charge is 0.388 e. The molecule has 2 aromatic rings. The zero-order valence-electron chi connectivity index (χ0n) is 15.7. The van der Waals surface area contributed by atoms with Crippen LogP contribution in [0.3, 0.4) is 0 Å². The van der Waals surface area contributed by atoms with Crippen LogP contribution < -0.4 is 5.32 Å². The van der Waals surface area contributed by atoms with Crippen LogP contribution in [-0.4, -0.2) is 35.6 Å². The molecule has 6 nitrogen and oxygen atoms in total. The van der Waals surface area contributed by atoms with Crippen molar-refractivity contribution in [1.29, 1.82) is 0 Å². The Labute approximate surface area is 172 Å². The molecule has 1 fully saturated rings. The van der Waals surface area contributed by atoms with E-state index in [9.17, 15) is 4.79 Å². The number of carbonyl (C=O) groups excluding carboxylic acids is 1. The van der Waals surface area contributed by atoms with Crippen LogP contribution in [-0.2, 0) is 9.68 Å². The number of para-hydroxylation sites is 1. The van der Waals surface area contributed by atoms with Crippen LogP contribution in [0.2, 0.25) is 0 Å². The molecule has 28 heavy (non-hydrogen) atoms. The molecule has 0 radical (unpaired) electrons. The van der Waals surface area contributed by atoms with Crippen molar-refractivity contribution in [3.63, 3.8) is 0 Å². The number of benzene rings is 2. The highest BCUT2D eigenvalue weighted by molar-refractivity contribution is 9.10. The van der Waals surface area contributed by atoms with E-state index in [1.54, 1.807) is 5.06 Å². The number of hydrogen-bond donors (Lipinski definition) is 1. The molecule has 0 bridgehead atoms. The molecule has 2 aliphatic heterocycles. The number of nitrogens with zero attached hydrogens (tertiary/aromatic N) is 2. The van der Waals surface area contributed by atoms with Gasteiger partial charge in [0.05, 0.1) is 11.4 Å². The Balaban J connectivity index is 1.29. The number of oxime groups is 1. The van der Waals surface area contributed by atoms with Crippen LogP contribution in [0.5, 0.6) is 0 Å². The molecule has 1 N–H and O–H groups in total. The minimum atomic E-state index is -0.494. The van der Waals surface area contributed by atoms with Crippen molar-refractivity contribution in [2.75, 3.05) is 18.4 Å². The quantitative estimate of drug-likeness (QED) is 0.733. The normalized spacial score (nSPS) is 18.4. The van der Waals surface area contributed by atoms with Crippen LogP contribution in [0.4, 0.5) is 10.5 Å². The van der Waals surface area contributed by atoms with E-state index in [4.69, 9.17) is 9.68 Å². The van der Waals surface area contributed by atoms with Crippen molar-refractivity contribution in [2.24, 2.45) is 5.16 Å². The van der Waals surface area contributed by atoms with Gasteiger partial charge in [-0.05, 0) is 40.5 Å². The maximum absolute atomic E-state index is 12.2. The lowest BCUT2D eigenvalue weighted by Crippen LogP contribution is -2.45. The lowest BCUT2D eigenvalue weighted by atomic mass is 9.86. The predicted octanol–water partition coefficient (Wildman–Crippen LogP) is 4.88. The summed E-state index contributed by atoms with van der Waals surface area (Å²) >= 11 is 3.41. The van der Waals surface area contributed by atoms with Crippen molar-refractivity contribution < 1.29 is 14.5 Å². The van der Waals surface area contributed by atoms with Gasteiger partial charge >= 0.3 is 6.09 Å². The molecule has 0 atom stereocenters. The zero-order valence-corrected chi connectivity index (χ0v) is 17.2. The van der Waals surface area contributed by atoms with Gasteiger partial charge < -0.3 is 9.68 Å². The Morgan fingerprint density at radius 1 is 1.18 bits per heavy atom. The number of hydroxylamine groups is 2. The van der Waals surface area contributed by atoms with Gasteiger partial charge in [0.25, 0.3) is 0 Å². The maximum Gasteiger partial charge on any atom is 0.430 e. The summed E-state index contributed by atoms with van der Waals surface area (Å²) in [6, 6.07) is 15.8. The summed E-state index contributed by atoms with van der Waals surface area (Å²) in [6.45, 7) is 3.29. The van der Waals surface area contributed by atoms with Crippen molar-refractivity contribution in [2.45, 2.75) is 31.8 Å². The molecular weight excluding hydrogens is 422 g/mol. The summed E-state index contributed by atoms with van der Waals surface area (Å²) in [6.07, 6.45) is 1.81. The molecule has 1 amide bonds. The van der Waals surface area contributed by atoms with Gasteiger partial charge in [-0.3, -0.25) is 5.32 Å². The Morgan fingerprint density at radius 2 is 1.89 bits per heavy atom. The van der Waals surface area contributed by atoms with Gasteiger partial charge in [-0.1, -0.05) is 47.1 Å². The lowest BCUT2D eigenvalue weighted by molar-refractivity contribution is -0.154. The number of hydrogen-bond acceptors (Lipinski definition) is 5. The molecule has 0 aliphatic carbocycles. The van der Waals surface area contributed by atoms with Gasteiger partial charge in [0.1, 0.15) is 5.60 Å². The topological polar surface area (TPSA) is 63.2 Å². The highest BCUT2D eigenvalue weighted by Gasteiger charge is 2.43. The third-order valence-corrected chi connectivity index (χ3v) is 5.87. The molecule has 4 rings (SSSR count). The van der Waals surface area contributed by atoms with Gasteiger partial charge in [-0.15, -0.1) is 5.06 Å². The minimum Gasteiger partial charge on any atom is -0.388 e. The second-order valence-corrected chi connectivity index (χ2v) is 8.12. The van der Waals surface area contributed by atoms with Crippen LogP contribution in [0.25, 0.3) is 0 Å². The molecule has 0 saturated carbocycles. The van der Waals surface area contributed by atoms with E-state index in [0.29, 0.717) is 18.8 Å². The Morgan fingerprint density at radius 3 is 2.61 bits per heavy atom. The number of carbonyl (C=O) groups is 1. The molecular formula is C21H22BrN3O3. The SMILES string of the molecule is Cc1ccc(C2=NOC3(CCN(OC(=O)Nc4ccccc4Br)CC3)C2)cc1. The van der Waals surface area contributed by atoms with E-state index < -0.39 is 6.09 Å². The number of amides is 1. The Bertz CT molecular complexity index is 890. The molecule has 2 aromatic carbocycles. The van der Waals surface area contributed by atoms with Crippen molar-refractivity contribution in [1.82, 2.24) is 5.06 Å². The van der Waals surface area contributed by atoms with E-state index >= 15 is 0 Å². The van der Waals surface area contributed by atoms with E-state index in [1.807, 2.05) is 24.3 Å². The number of rotatable bonds is 3. The van der Waals surface area contributed by atoms with E-state index in [1.165, 1.54) is 5.56 Å². The molecule has 2 heterocycles. The summed E-state index contributed by atoms with van der Waals surface area (Å²) in [7, 11) is 0. The summed E-state index contributed by atoms with van der Waals surface area (Å²) in [5, 5.41) is 8.77. The van der Waals surface area contributed by atoms with Crippen molar-refractivity contribution in [3.05, 3.63) is 64.1 Å². The average Bonchev–Trinajstić information content (AvgIpc) is 3.10. The van der Waals surface area contributed by atoms with Crippen molar-refractivity contribution >= 4 is 33.4 Å². The van der Waals surface area contributed by atoms with Crippen LogP contribution in [0.15, 0.2) is 58.2 Å². The largest absolute Gasteiger partial charge is 0.430 e. The van der Waals surface area contributed by atoms with Crippen molar-refractivity contribution in [3.8, 4) is 0 Å². The summed E-state index contributed by atoms with van der Waals surface area (Å²) in [4.78, 5) is 23.4. The predicted molar refractivity (Wildman–Crippen MR) is 111 cm³/mol. The first-order valence-corrected chi connectivity index (χ1v) is 10.1. The van der Waals surface area contributed by atoms with Crippen LogP contribution in [0.1, 0.15) is 30.4 Å². The third-order valence-electron chi connectivity index (χ3n) is 5.18. The first-order valence-electron chi connectivity index (χ1n) is 9.34. The average molecular weight is 444 g/mol. The zero-order chi connectivity index (χ0) is 19.6. The number of halogens is 1. The second kappa shape index (κ2) is 7.93. The molecule has 1 saturated heterocycles. The molecule has 146 valence electrons. The highest BCUT2D eigenvalue weighted by atomic mass is 79.9. The summed E-state index contributed by atoms with van der Waals surface area (Å²) in [5.74, 6) is 0. The number of anilines is 1. The van der Waals surface area contributed by atoms with E-state index in [2.05, 4.69) is 57.6 Å². The van der Waals surface area contributed by atoms with Crippen LogP contribution in [0, 0.1) is 6.92 Å². The van der Waals surface area contributed by atoms with Gasteiger partial charge in [-0.25, -0.2) is 4.79 Å². The molecule has 1 spiro atoms. The fourth-order valence-corrected chi connectivity index (χ4v) is 3.87. The molecule has 0 aromatic heterocycles. The maximum atomic E-state index is 12.2. The highest BCUT2D eigenvalue weighted by Crippen LogP contribution is 2.36. The number of aryl methyl sites for hydroxylation is 1. The second-order valence-electron chi connectivity index (χ2n) is 7.27. The first-order chi connectivity index (χ1) is 13.5. The standard InChI is InChI=1S/C21H22BrN3O3/c1-15-6-8-16(9-7-15)19-14-21(28-24-19)10-12-25(13-11-21)27-20(26)23-18-5-3-2-4-17(18)22/h2-9H,10-14H2,1H3,(H,23,26). The summed E-state index contributed by atoms with van der Waals surface area (Å²) in [5.41, 5.74) is 3.70. The van der Waals surface area contributed by atoms with Gasteiger partial charge in [0, 0.05) is 36.8 Å². The number of piperidine rings is 1. The number of nitrogens with one attached hydrogen (secondary N) is 1. The molecule has 0 unspecified atom stereocenters. The van der Waals surface area contributed by atoms with Gasteiger partial charge in [0.15, 0.2) is 0 Å². The van der Waals surface area contributed by atoms with Crippen LogP contribution >= 0.6 is 15.9 Å². The minimum absolute atomic E-state index is 0.293. The molecule has 7 heteroatoms. The van der Waals surface area contributed by atoms with Gasteiger partial charge in [0.2, 0.25) is 0 Å². The fraction of sp³-hybridized carbons (Fsp3) is 0.333. The van der Waals surface area contributed by atoms with E-state index in [0.717, 1.165) is 35.0 Å².